The van der Waals surface area contributed by atoms with Crippen LogP contribution in [0.15, 0.2) is 48.7 Å². The lowest BCUT2D eigenvalue weighted by molar-refractivity contribution is -0.385. The summed E-state index contributed by atoms with van der Waals surface area (Å²) >= 11 is 0. The van der Waals surface area contributed by atoms with Gasteiger partial charge < -0.3 is 15.2 Å². The Kier molecular flexibility index (Phi) is 6.80. The van der Waals surface area contributed by atoms with Gasteiger partial charge in [0, 0.05) is 18.7 Å². The number of pyridine rings is 3. The van der Waals surface area contributed by atoms with Crippen molar-refractivity contribution in [2.45, 2.75) is 19.0 Å². The number of ether oxygens (including phenoxy) is 1. The molecule has 0 atom stereocenters. The van der Waals surface area contributed by atoms with Crippen LogP contribution in [0, 0.1) is 10.1 Å². The molecule has 38 heavy (non-hydrogen) atoms. The molecule has 4 rings (SSSR count). The van der Waals surface area contributed by atoms with Crippen LogP contribution in [0.2, 0.25) is 0 Å². The zero-order chi connectivity index (χ0) is 27.8. The molecule has 2 N–H and O–H groups in total. The molecular weight excluding hydrogens is 524 g/mol. The van der Waals surface area contributed by atoms with Crippen molar-refractivity contribution in [1.82, 2.24) is 15.0 Å². The van der Waals surface area contributed by atoms with Crippen LogP contribution < -0.4 is 5.32 Å². The second kappa shape index (κ2) is 9.74. The molecule has 198 valence electrons. The number of aromatic hydroxyl groups is 1. The predicted molar refractivity (Wildman–Crippen MR) is 122 cm³/mol. The van der Waals surface area contributed by atoms with Gasteiger partial charge in [0.15, 0.2) is 5.65 Å². The van der Waals surface area contributed by atoms with Crippen LogP contribution in [0.3, 0.4) is 0 Å². The first-order valence-corrected chi connectivity index (χ1v) is 10.5. The fraction of sp³-hybridized carbons (Fsp3) is 0.174. The first kappa shape index (κ1) is 26.5. The van der Waals surface area contributed by atoms with Crippen molar-refractivity contribution in [3.05, 3.63) is 75.6 Å². The van der Waals surface area contributed by atoms with Crippen LogP contribution in [-0.4, -0.2) is 32.1 Å². The van der Waals surface area contributed by atoms with E-state index >= 15 is 0 Å². The molecule has 0 bridgehead atoms. The van der Waals surface area contributed by atoms with Crippen LogP contribution in [0.1, 0.15) is 16.8 Å². The molecule has 0 unspecified atom stereocenters. The molecule has 1 aromatic carbocycles. The first-order valence-electron chi connectivity index (χ1n) is 10.5. The van der Waals surface area contributed by atoms with Crippen molar-refractivity contribution in [2.75, 3.05) is 12.4 Å². The maximum Gasteiger partial charge on any atom is 0.418 e. The number of nitrogens with zero attached hydrogens (tertiary/aromatic N) is 4. The standard InChI is InChI=1S/C23H15F6N5O4/c1-38-10-16-20(34(36)37)18(31-14-6-4-11(9-17(14)35)22(24,25)26)12-5-7-15(32-21(12)33-16)19-13(23(27,28)29)3-2-8-30-19/h2-9,35H,10H2,1H3,(H,31,32,33). The van der Waals surface area contributed by atoms with E-state index in [0.717, 1.165) is 30.5 Å². The predicted octanol–water partition coefficient (Wildman–Crippen LogP) is 6.23. The van der Waals surface area contributed by atoms with Gasteiger partial charge in [0.25, 0.3) is 0 Å². The number of fused-ring (bicyclic) bond motifs is 1. The van der Waals surface area contributed by atoms with Crippen LogP contribution >= 0.6 is 0 Å². The summed E-state index contributed by atoms with van der Waals surface area (Å²) in [4.78, 5) is 23.1. The lowest BCUT2D eigenvalue weighted by Gasteiger charge is -2.16. The maximum absolute atomic E-state index is 13.5. The Morgan fingerprint density at radius 3 is 2.39 bits per heavy atom. The molecule has 3 aromatic heterocycles. The molecule has 0 aliphatic carbocycles. The Morgan fingerprint density at radius 1 is 1.05 bits per heavy atom. The quantitative estimate of drug-likeness (QED) is 0.128. The lowest BCUT2D eigenvalue weighted by atomic mass is 10.1. The molecule has 3 heterocycles. The van der Waals surface area contributed by atoms with Crippen LogP contribution in [0.5, 0.6) is 5.75 Å². The summed E-state index contributed by atoms with van der Waals surface area (Å²) in [6, 6.07) is 6.21. The summed E-state index contributed by atoms with van der Waals surface area (Å²) in [6.07, 6.45) is -8.37. The number of aromatic nitrogens is 3. The number of hydrogen-bond acceptors (Lipinski definition) is 8. The van der Waals surface area contributed by atoms with E-state index in [9.17, 15) is 41.6 Å². The SMILES string of the molecule is COCc1nc2nc(-c3ncccc3C(F)(F)F)ccc2c(Nc2ccc(C(F)(F)F)cc2O)c1[N+](=O)[O-]. The van der Waals surface area contributed by atoms with Gasteiger partial charge in [-0.2, -0.15) is 26.3 Å². The topological polar surface area (TPSA) is 123 Å². The highest BCUT2D eigenvalue weighted by molar-refractivity contribution is 5.98. The number of methoxy groups -OCH3 is 1. The number of phenols is 1. The molecule has 0 saturated carbocycles. The summed E-state index contributed by atoms with van der Waals surface area (Å²) < 4.78 is 84.5. The molecule has 0 radical (unpaired) electrons. The Hall–Kier alpha value is -4.53. The molecule has 0 aliphatic rings. The number of benzene rings is 1. The Bertz CT molecular complexity index is 1540. The number of halogens is 6. The third-order valence-corrected chi connectivity index (χ3v) is 5.30. The summed E-state index contributed by atoms with van der Waals surface area (Å²) in [5.41, 5.74) is -4.77. The van der Waals surface area contributed by atoms with Gasteiger partial charge in [-0.05, 0) is 42.5 Å². The minimum atomic E-state index is -4.75. The van der Waals surface area contributed by atoms with E-state index in [0.29, 0.717) is 12.1 Å². The number of nitro groups is 1. The fourth-order valence-corrected chi connectivity index (χ4v) is 3.66. The van der Waals surface area contributed by atoms with Gasteiger partial charge in [-0.15, -0.1) is 0 Å². The molecule has 0 fully saturated rings. The Morgan fingerprint density at radius 2 is 1.79 bits per heavy atom. The Balaban J connectivity index is 1.94. The molecule has 0 saturated heterocycles. The minimum Gasteiger partial charge on any atom is -0.506 e. The van der Waals surface area contributed by atoms with Crippen molar-refractivity contribution in [1.29, 1.82) is 0 Å². The zero-order valence-electron chi connectivity index (χ0n) is 19.1. The third-order valence-electron chi connectivity index (χ3n) is 5.30. The smallest absolute Gasteiger partial charge is 0.418 e. The van der Waals surface area contributed by atoms with Crippen LogP contribution in [0.25, 0.3) is 22.4 Å². The van der Waals surface area contributed by atoms with Gasteiger partial charge in [0.05, 0.1) is 34.0 Å². The van der Waals surface area contributed by atoms with Crippen molar-refractivity contribution in [3.63, 3.8) is 0 Å². The highest BCUT2D eigenvalue weighted by Gasteiger charge is 2.35. The summed E-state index contributed by atoms with van der Waals surface area (Å²) in [5, 5.41) is 24.6. The summed E-state index contributed by atoms with van der Waals surface area (Å²) in [7, 11) is 1.22. The maximum atomic E-state index is 13.5. The highest BCUT2D eigenvalue weighted by Crippen LogP contribution is 2.42. The Labute approximate surface area is 208 Å². The third kappa shape index (κ3) is 5.13. The van der Waals surface area contributed by atoms with Gasteiger partial charge in [0.1, 0.15) is 22.8 Å². The number of alkyl halides is 6. The van der Waals surface area contributed by atoms with E-state index in [1.54, 1.807) is 0 Å². The van der Waals surface area contributed by atoms with Crippen molar-refractivity contribution < 1.29 is 41.1 Å². The normalized spacial score (nSPS) is 12.1. The molecular formula is C23H15F6N5O4. The average Bonchev–Trinajstić information content (AvgIpc) is 2.83. The summed E-state index contributed by atoms with van der Waals surface area (Å²) in [6.45, 7) is -0.413. The van der Waals surface area contributed by atoms with Gasteiger partial charge in [0.2, 0.25) is 0 Å². The second-order valence-electron chi connectivity index (χ2n) is 7.79. The second-order valence-corrected chi connectivity index (χ2v) is 7.79. The van der Waals surface area contributed by atoms with Crippen molar-refractivity contribution in [3.8, 4) is 17.1 Å². The molecule has 4 aromatic rings. The number of nitrogens with one attached hydrogen (secondary N) is 1. The van der Waals surface area contributed by atoms with Gasteiger partial charge in [-0.25, -0.2) is 9.97 Å². The van der Waals surface area contributed by atoms with E-state index in [-0.39, 0.29) is 33.8 Å². The molecule has 15 heteroatoms. The van der Waals surface area contributed by atoms with Gasteiger partial charge in [-0.1, -0.05) is 0 Å². The van der Waals surface area contributed by atoms with E-state index in [1.165, 1.54) is 13.2 Å². The van der Waals surface area contributed by atoms with E-state index in [1.807, 2.05) is 0 Å². The van der Waals surface area contributed by atoms with Crippen LogP contribution in [-0.2, 0) is 23.7 Å². The van der Waals surface area contributed by atoms with E-state index in [2.05, 4.69) is 20.3 Å². The minimum absolute atomic E-state index is 0.0657. The van der Waals surface area contributed by atoms with Crippen molar-refractivity contribution >= 4 is 28.1 Å². The zero-order valence-corrected chi connectivity index (χ0v) is 19.1. The molecule has 0 amide bonds. The monoisotopic (exact) mass is 539 g/mol. The number of rotatable bonds is 6. The van der Waals surface area contributed by atoms with E-state index < -0.39 is 52.1 Å². The molecule has 0 aliphatic heterocycles. The molecule has 9 nitrogen and oxygen atoms in total. The van der Waals surface area contributed by atoms with Crippen molar-refractivity contribution in [2.24, 2.45) is 0 Å². The van der Waals surface area contributed by atoms with Crippen LogP contribution in [0.4, 0.5) is 43.4 Å². The lowest BCUT2D eigenvalue weighted by Crippen LogP contribution is -2.10. The largest absolute Gasteiger partial charge is 0.506 e. The van der Waals surface area contributed by atoms with E-state index in [4.69, 9.17) is 4.74 Å². The fourth-order valence-electron chi connectivity index (χ4n) is 3.66. The highest BCUT2D eigenvalue weighted by atomic mass is 19.4. The van der Waals surface area contributed by atoms with Gasteiger partial charge in [-0.3, -0.25) is 15.1 Å². The molecule has 0 spiro atoms. The van der Waals surface area contributed by atoms with Gasteiger partial charge >= 0.3 is 18.0 Å². The number of anilines is 2. The number of phenolic OH excluding ortho intramolecular Hbond substituents is 1. The number of hydrogen-bond donors (Lipinski definition) is 2. The summed E-state index contributed by atoms with van der Waals surface area (Å²) in [5.74, 6) is -0.861. The average molecular weight is 539 g/mol. The first-order chi connectivity index (χ1) is 17.8.